The number of sulfonamides is 1. The maximum atomic E-state index is 13.1. The molecular formula is C15H16FNO3S. The first-order valence-electron chi connectivity index (χ1n) is 6.40. The highest BCUT2D eigenvalue weighted by Gasteiger charge is 2.19. The lowest BCUT2D eigenvalue weighted by atomic mass is 10.1. The van der Waals surface area contributed by atoms with E-state index >= 15 is 0 Å². The predicted molar refractivity (Wildman–Crippen MR) is 78.4 cm³/mol. The highest BCUT2D eigenvalue weighted by atomic mass is 32.2. The average Bonchev–Trinajstić information content (AvgIpc) is 2.45. The van der Waals surface area contributed by atoms with Crippen molar-refractivity contribution in [2.45, 2.75) is 11.8 Å². The number of halogens is 1. The molecule has 0 aliphatic heterocycles. The number of aliphatic hydroxyl groups is 1. The van der Waals surface area contributed by atoms with Crippen LogP contribution in [0, 0.1) is 5.82 Å². The first kappa shape index (κ1) is 15.6. The van der Waals surface area contributed by atoms with Crippen LogP contribution < -0.4 is 4.72 Å². The Hall–Kier alpha value is -1.76. The van der Waals surface area contributed by atoms with Crippen LogP contribution in [0.1, 0.15) is 17.2 Å². The largest absolute Gasteiger partial charge is 0.394 e. The van der Waals surface area contributed by atoms with E-state index in [9.17, 15) is 17.9 Å². The SMILES string of the molecule is O=S(=O)(Cc1cccc(F)c1)N[C@H](CO)c1ccccc1. The van der Waals surface area contributed by atoms with Gasteiger partial charge in [-0.05, 0) is 23.3 Å². The second-order valence-corrected chi connectivity index (χ2v) is 6.41. The quantitative estimate of drug-likeness (QED) is 0.857. The van der Waals surface area contributed by atoms with E-state index in [2.05, 4.69) is 4.72 Å². The van der Waals surface area contributed by atoms with E-state index in [-0.39, 0.29) is 12.4 Å². The molecule has 2 aromatic carbocycles. The van der Waals surface area contributed by atoms with Crippen molar-refractivity contribution in [2.24, 2.45) is 0 Å². The number of benzene rings is 2. The van der Waals surface area contributed by atoms with Crippen molar-refractivity contribution < 1.29 is 17.9 Å². The van der Waals surface area contributed by atoms with E-state index < -0.39 is 21.9 Å². The van der Waals surface area contributed by atoms with Gasteiger partial charge in [-0.25, -0.2) is 17.5 Å². The van der Waals surface area contributed by atoms with Crippen molar-refractivity contribution in [1.82, 2.24) is 4.72 Å². The molecule has 0 amide bonds. The molecule has 0 bridgehead atoms. The van der Waals surface area contributed by atoms with Crippen LogP contribution in [0.5, 0.6) is 0 Å². The van der Waals surface area contributed by atoms with Crippen LogP contribution in [-0.4, -0.2) is 20.1 Å². The van der Waals surface area contributed by atoms with E-state index in [0.29, 0.717) is 11.1 Å². The zero-order valence-corrected chi connectivity index (χ0v) is 12.1. The molecule has 2 aromatic rings. The summed E-state index contributed by atoms with van der Waals surface area (Å²) in [5.74, 6) is -0.821. The molecule has 1 atom stereocenters. The summed E-state index contributed by atoms with van der Waals surface area (Å²) in [6.45, 7) is -0.355. The summed E-state index contributed by atoms with van der Waals surface area (Å²) in [4.78, 5) is 0. The normalized spacial score (nSPS) is 13.0. The van der Waals surface area contributed by atoms with Crippen LogP contribution in [0.4, 0.5) is 4.39 Å². The first-order valence-corrected chi connectivity index (χ1v) is 8.05. The summed E-state index contributed by atoms with van der Waals surface area (Å²) < 4.78 is 39.7. The molecule has 0 aliphatic carbocycles. The van der Waals surface area contributed by atoms with Gasteiger partial charge in [0, 0.05) is 0 Å². The molecular weight excluding hydrogens is 293 g/mol. The number of hydrogen-bond acceptors (Lipinski definition) is 3. The maximum Gasteiger partial charge on any atom is 0.216 e. The summed E-state index contributed by atoms with van der Waals surface area (Å²) in [6.07, 6.45) is 0. The molecule has 2 N–H and O–H groups in total. The zero-order chi connectivity index (χ0) is 15.3. The van der Waals surface area contributed by atoms with Crippen molar-refractivity contribution in [3.8, 4) is 0 Å². The smallest absolute Gasteiger partial charge is 0.216 e. The third-order valence-electron chi connectivity index (χ3n) is 2.95. The van der Waals surface area contributed by atoms with Gasteiger partial charge >= 0.3 is 0 Å². The summed E-state index contributed by atoms with van der Waals surface area (Å²) in [6, 6.07) is 13.5. The molecule has 0 fully saturated rings. The minimum absolute atomic E-state index is 0.339. The van der Waals surface area contributed by atoms with Crippen molar-refractivity contribution in [3.05, 3.63) is 71.5 Å². The van der Waals surface area contributed by atoms with Crippen molar-refractivity contribution in [2.75, 3.05) is 6.61 Å². The Balaban J connectivity index is 2.13. The third-order valence-corrected chi connectivity index (χ3v) is 4.31. The van der Waals surface area contributed by atoms with Gasteiger partial charge in [0.2, 0.25) is 10.0 Å². The molecule has 0 aromatic heterocycles. The van der Waals surface area contributed by atoms with E-state index in [1.165, 1.54) is 18.2 Å². The fourth-order valence-corrected chi connectivity index (χ4v) is 3.35. The molecule has 0 unspecified atom stereocenters. The van der Waals surface area contributed by atoms with Crippen LogP contribution in [-0.2, 0) is 15.8 Å². The second kappa shape index (κ2) is 6.80. The van der Waals surface area contributed by atoms with Crippen molar-refractivity contribution in [3.63, 3.8) is 0 Å². The molecule has 21 heavy (non-hydrogen) atoms. The Bertz CT molecular complexity index is 689. The molecule has 2 rings (SSSR count). The summed E-state index contributed by atoms with van der Waals surface area (Å²) in [5, 5.41) is 9.37. The lowest BCUT2D eigenvalue weighted by molar-refractivity contribution is 0.259. The number of aliphatic hydroxyl groups excluding tert-OH is 1. The molecule has 0 radical (unpaired) electrons. The van der Waals surface area contributed by atoms with Crippen LogP contribution in [0.15, 0.2) is 54.6 Å². The van der Waals surface area contributed by atoms with E-state index in [1.807, 2.05) is 0 Å². The summed E-state index contributed by atoms with van der Waals surface area (Å²) in [5.41, 5.74) is 1.02. The fourth-order valence-electron chi connectivity index (χ4n) is 2.00. The number of rotatable bonds is 6. The van der Waals surface area contributed by atoms with Gasteiger partial charge in [-0.2, -0.15) is 0 Å². The minimum Gasteiger partial charge on any atom is -0.394 e. The molecule has 0 heterocycles. The van der Waals surface area contributed by atoms with Crippen molar-refractivity contribution in [1.29, 1.82) is 0 Å². The van der Waals surface area contributed by atoms with E-state index in [4.69, 9.17) is 0 Å². The van der Waals surface area contributed by atoms with Gasteiger partial charge in [0.15, 0.2) is 0 Å². The Kier molecular flexibility index (Phi) is 5.06. The molecule has 0 saturated heterocycles. The number of hydrogen-bond donors (Lipinski definition) is 2. The first-order chi connectivity index (χ1) is 10.00. The van der Waals surface area contributed by atoms with Crippen molar-refractivity contribution >= 4 is 10.0 Å². The van der Waals surface area contributed by atoms with Gasteiger partial charge in [0.1, 0.15) is 5.82 Å². The molecule has 4 nitrogen and oxygen atoms in total. The molecule has 0 aliphatic rings. The predicted octanol–water partition coefficient (Wildman–Crippen LogP) is 1.98. The topological polar surface area (TPSA) is 66.4 Å². The average molecular weight is 309 g/mol. The van der Waals surface area contributed by atoms with Gasteiger partial charge in [-0.3, -0.25) is 0 Å². The fraction of sp³-hybridized carbons (Fsp3) is 0.200. The summed E-state index contributed by atoms with van der Waals surface area (Å²) >= 11 is 0. The highest BCUT2D eigenvalue weighted by Crippen LogP contribution is 2.15. The molecule has 112 valence electrons. The number of nitrogens with one attached hydrogen (secondary N) is 1. The maximum absolute atomic E-state index is 13.1. The lowest BCUT2D eigenvalue weighted by Crippen LogP contribution is -2.31. The molecule has 6 heteroatoms. The van der Waals surface area contributed by atoms with Crippen LogP contribution in [0.2, 0.25) is 0 Å². The zero-order valence-electron chi connectivity index (χ0n) is 11.2. The lowest BCUT2D eigenvalue weighted by Gasteiger charge is -2.17. The van der Waals surface area contributed by atoms with Gasteiger partial charge in [-0.1, -0.05) is 42.5 Å². The van der Waals surface area contributed by atoms with Gasteiger partial charge < -0.3 is 5.11 Å². The Morgan fingerprint density at radius 3 is 2.43 bits per heavy atom. The monoisotopic (exact) mass is 309 g/mol. The van der Waals surface area contributed by atoms with Crippen LogP contribution >= 0.6 is 0 Å². The van der Waals surface area contributed by atoms with Gasteiger partial charge in [0.05, 0.1) is 18.4 Å². The Morgan fingerprint density at radius 2 is 1.81 bits per heavy atom. The Labute approximate surface area is 123 Å². The minimum atomic E-state index is -3.69. The Morgan fingerprint density at radius 1 is 1.10 bits per heavy atom. The standard InChI is InChI=1S/C15H16FNO3S/c16-14-8-4-5-12(9-14)11-21(19,20)17-15(10-18)13-6-2-1-3-7-13/h1-9,15,17-18H,10-11H2/t15-/m1/s1. The summed E-state index contributed by atoms with van der Waals surface area (Å²) in [7, 11) is -3.69. The molecule has 0 spiro atoms. The molecule has 0 saturated carbocycles. The van der Waals surface area contributed by atoms with Crippen LogP contribution in [0.3, 0.4) is 0 Å². The van der Waals surface area contributed by atoms with Crippen LogP contribution in [0.25, 0.3) is 0 Å². The van der Waals surface area contributed by atoms with E-state index in [0.717, 1.165) is 0 Å². The van der Waals surface area contributed by atoms with Gasteiger partial charge in [-0.15, -0.1) is 0 Å². The second-order valence-electron chi connectivity index (χ2n) is 4.65. The van der Waals surface area contributed by atoms with Gasteiger partial charge in [0.25, 0.3) is 0 Å². The highest BCUT2D eigenvalue weighted by molar-refractivity contribution is 7.88. The van der Waals surface area contributed by atoms with E-state index in [1.54, 1.807) is 36.4 Å². The third kappa shape index (κ3) is 4.63.